The van der Waals surface area contributed by atoms with Gasteiger partial charge in [0.25, 0.3) is 10.2 Å². The summed E-state index contributed by atoms with van der Waals surface area (Å²) in [4.78, 5) is 21.7. The van der Waals surface area contributed by atoms with Crippen molar-refractivity contribution >= 4 is 22.1 Å². The molecule has 1 aliphatic heterocycles. The quantitative estimate of drug-likeness (QED) is 0.487. The van der Waals surface area contributed by atoms with Gasteiger partial charge in [0.2, 0.25) is 0 Å². The Morgan fingerprint density at radius 3 is 2.43 bits per heavy atom. The molecule has 1 fully saturated rings. The number of rotatable bonds is 7. The van der Waals surface area contributed by atoms with Crippen molar-refractivity contribution in [3.05, 3.63) is 0 Å². The molecule has 3 N–H and O–H groups in total. The smallest absolute Gasteiger partial charge is 0.332 e. The minimum atomic E-state index is -3.73. The molecule has 9 nitrogen and oxygen atoms in total. The molecule has 0 bridgehead atoms. The van der Waals surface area contributed by atoms with Gasteiger partial charge in [-0.05, 0) is 19.3 Å². The van der Waals surface area contributed by atoms with Crippen LogP contribution in [-0.4, -0.2) is 67.7 Å². The molecule has 1 atom stereocenters. The Morgan fingerprint density at radius 2 is 1.95 bits per heavy atom. The van der Waals surface area contributed by atoms with Crippen LogP contribution in [0.2, 0.25) is 0 Å². The molecular weight excluding hydrogens is 304 g/mol. The van der Waals surface area contributed by atoms with Crippen molar-refractivity contribution < 1.29 is 33.0 Å². The highest BCUT2D eigenvalue weighted by Gasteiger charge is 2.31. The molecule has 0 saturated carbocycles. The number of aliphatic hydroxyl groups excluding tert-OH is 1. The molecule has 21 heavy (non-hydrogen) atoms. The van der Waals surface area contributed by atoms with Crippen LogP contribution in [0.25, 0.3) is 0 Å². The number of carboxylic acid groups (broad SMARTS) is 1. The van der Waals surface area contributed by atoms with Crippen molar-refractivity contribution in [2.24, 2.45) is 5.92 Å². The zero-order chi connectivity index (χ0) is 16.0. The van der Waals surface area contributed by atoms with Crippen LogP contribution >= 0.6 is 0 Å². The highest BCUT2D eigenvalue weighted by Crippen LogP contribution is 2.20. The second-order valence-electron chi connectivity index (χ2n) is 4.74. The highest BCUT2D eigenvalue weighted by atomic mass is 32.2. The summed E-state index contributed by atoms with van der Waals surface area (Å²) in [5.41, 5.74) is 0. The summed E-state index contributed by atoms with van der Waals surface area (Å²) in [5, 5.41) is 17.5. The van der Waals surface area contributed by atoms with E-state index >= 15 is 0 Å². The molecule has 0 aromatic rings. The standard InChI is InChI=1S/C11H20N2O7S/c1-20-11(17)8-3-6-13(7-4-8)21(18,19)12-5-2-9(14)10(15)16/h8-9,12,14H,2-7H2,1H3,(H,15,16)/t9-/m0/s1. The van der Waals surface area contributed by atoms with Gasteiger partial charge in [0.1, 0.15) is 0 Å². The van der Waals surface area contributed by atoms with Gasteiger partial charge in [0, 0.05) is 19.6 Å². The molecule has 10 heteroatoms. The first-order chi connectivity index (χ1) is 9.77. The van der Waals surface area contributed by atoms with Gasteiger partial charge in [0.05, 0.1) is 13.0 Å². The number of nitrogens with one attached hydrogen (secondary N) is 1. The third kappa shape index (κ3) is 5.23. The van der Waals surface area contributed by atoms with Crippen LogP contribution in [0.15, 0.2) is 0 Å². The van der Waals surface area contributed by atoms with Crippen molar-refractivity contribution in [3.63, 3.8) is 0 Å². The first kappa shape index (κ1) is 17.8. The molecule has 1 rings (SSSR count). The Balaban J connectivity index is 2.42. The number of hydrogen-bond acceptors (Lipinski definition) is 6. The van der Waals surface area contributed by atoms with E-state index in [-0.39, 0.29) is 37.9 Å². The van der Waals surface area contributed by atoms with E-state index in [1.165, 1.54) is 11.4 Å². The highest BCUT2D eigenvalue weighted by molar-refractivity contribution is 7.87. The first-order valence-corrected chi connectivity index (χ1v) is 7.95. The molecule has 1 heterocycles. The lowest BCUT2D eigenvalue weighted by Crippen LogP contribution is -2.46. The summed E-state index contributed by atoms with van der Waals surface area (Å²) in [6, 6.07) is 0. The van der Waals surface area contributed by atoms with E-state index in [2.05, 4.69) is 9.46 Å². The molecule has 122 valence electrons. The lowest BCUT2D eigenvalue weighted by atomic mass is 9.99. The average Bonchev–Trinajstić information content (AvgIpc) is 2.46. The molecule has 0 unspecified atom stereocenters. The maximum absolute atomic E-state index is 12.0. The maximum atomic E-state index is 12.0. The minimum Gasteiger partial charge on any atom is -0.479 e. The van der Waals surface area contributed by atoms with Crippen LogP contribution in [0.1, 0.15) is 19.3 Å². The normalized spacial score (nSPS) is 19.1. The number of carbonyl (C=O) groups is 2. The number of carboxylic acids is 1. The van der Waals surface area contributed by atoms with E-state index < -0.39 is 22.3 Å². The van der Waals surface area contributed by atoms with Crippen LogP contribution in [-0.2, 0) is 24.5 Å². The molecule has 0 aromatic carbocycles. The van der Waals surface area contributed by atoms with Gasteiger partial charge >= 0.3 is 11.9 Å². The van der Waals surface area contributed by atoms with Gasteiger partial charge < -0.3 is 14.9 Å². The third-order valence-corrected chi connectivity index (χ3v) is 4.93. The van der Waals surface area contributed by atoms with Crippen LogP contribution in [0.5, 0.6) is 0 Å². The molecule has 0 amide bonds. The lowest BCUT2D eigenvalue weighted by Gasteiger charge is -2.29. The molecule has 0 spiro atoms. The predicted molar refractivity (Wildman–Crippen MR) is 71.5 cm³/mol. The van der Waals surface area contributed by atoms with Crippen LogP contribution in [0.4, 0.5) is 0 Å². The zero-order valence-electron chi connectivity index (χ0n) is 11.7. The summed E-state index contributed by atoms with van der Waals surface area (Å²) >= 11 is 0. The van der Waals surface area contributed by atoms with E-state index in [1.807, 2.05) is 0 Å². The van der Waals surface area contributed by atoms with Gasteiger partial charge in [0.15, 0.2) is 6.10 Å². The van der Waals surface area contributed by atoms with Crippen molar-refractivity contribution in [1.29, 1.82) is 0 Å². The topological polar surface area (TPSA) is 133 Å². The fourth-order valence-corrected chi connectivity index (χ4v) is 3.29. The average molecular weight is 324 g/mol. The SMILES string of the molecule is COC(=O)C1CCN(S(=O)(=O)NCC[C@H](O)C(=O)O)CC1. The van der Waals surface area contributed by atoms with Gasteiger partial charge in [-0.2, -0.15) is 12.7 Å². The lowest BCUT2D eigenvalue weighted by molar-refractivity contribution is -0.147. The Morgan fingerprint density at radius 1 is 1.38 bits per heavy atom. The summed E-state index contributed by atoms with van der Waals surface area (Å²) in [7, 11) is -2.44. The molecule has 0 aliphatic carbocycles. The molecular formula is C11H20N2O7S. The van der Waals surface area contributed by atoms with E-state index in [4.69, 9.17) is 10.2 Å². The monoisotopic (exact) mass is 324 g/mol. The van der Waals surface area contributed by atoms with Gasteiger partial charge in [-0.1, -0.05) is 0 Å². The fraction of sp³-hybridized carbons (Fsp3) is 0.818. The first-order valence-electron chi connectivity index (χ1n) is 6.51. The Hall–Kier alpha value is -1.23. The summed E-state index contributed by atoms with van der Waals surface area (Å²) in [6.45, 7) is 0.208. The Bertz CT molecular complexity index is 471. The summed E-state index contributed by atoms with van der Waals surface area (Å²) in [6.07, 6.45) is -1.05. The predicted octanol–water partition coefficient (Wildman–Crippen LogP) is -1.46. The number of carbonyl (C=O) groups excluding carboxylic acids is 1. The molecule has 0 radical (unpaired) electrons. The van der Waals surface area contributed by atoms with Crippen molar-refractivity contribution in [1.82, 2.24) is 9.03 Å². The number of piperidine rings is 1. The third-order valence-electron chi connectivity index (χ3n) is 3.32. The number of esters is 1. The van der Waals surface area contributed by atoms with E-state index in [0.717, 1.165) is 0 Å². The molecule has 1 saturated heterocycles. The second-order valence-corrected chi connectivity index (χ2v) is 6.49. The number of hydrogen-bond donors (Lipinski definition) is 3. The van der Waals surface area contributed by atoms with E-state index in [0.29, 0.717) is 12.8 Å². The van der Waals surface area contributed by atoms with Crippen molar-refractivity contribution in [2.45, 2.75) is 25.4 Å². The minimum absolute atomic E-state index is 0.174. The van der Waals surface area contributed by atoms with Gasteiger partial charge in [-0.15, -0.1) is 0 Å². The molecule has 1 aliphatic rings. The number of aliphatic hydroxyl groups is 1. The number of methoxy groups -OCH3 is 1. The summed E-state index contributed by atoms with van der Waals surface area (Å²) < 4.78 is 31.9. The van der Waals surface area contributed by atoms with Crippen molar-refractivity contribution in [2.75, 3.05) is 26.7 Å². The van der Waals surface area contributed by atoms with Gasteiger partial charge in [-0.25, -0.2) is 9.52 Å². The van der Waals surface area contributed by atoms with Gasteiger partial charge in [-0.3, -0.25) is 4.79 Å². The summed E-state index contributed by atoms with van der Waals surface area (Å²) in [5.74, 6) is -2.03. The second kappa shape index (κ2) is 7.69. The van der Waals surface area contributed by atoms with Crippen LogP contribution in [0, 0.1) is 5.92 Å². The van der Waals surface area contributed by atoms with Crippen LogP contribution < -0.4 is 4.72 Å². The zero-order valence-corrected chi connectivity index (χ0v) is 12.5. The van der Waals surface area contributed by atoms with Crippen molar-refractivity contribution in [3.8, 4) is 0 Å². The maximum Gasteiger partial charge on any atom is 0.332 e. The van der Waals surface area contributed by atoms with Crippen LogP contribution in [0.3, 0.4) is 0 Å². The largest absolute Gasteiger partial charge is 0.479 e. The number of ether oxygens (including phenoxy) is 1. The van der Waals surface area contributed by atoms with E-state index in [9.17, 15) is 18.0 Å². The fourth-order valence-electron chi connectivity index (χ4n) is 2.04. The number of aliphatic carboxylic acids is 1. The number of nitrogens with zero attached hydrogens (tertiary/aromatic N) is 1. The Kier molecular flexibility index (Phi) is 6.52. The molecule has 0 aromatic heterocycles. The Labute approximate surface area is 123 Å². The van der Waals surface area contributed by atoms with E-state index in [1.54, 1.807) is 0 Å².